The normalized spacial score (nSPS) is 14.2. The minimum atomic E-state index is -1.12. The molecule has 7 heteroatoms. The van der Waals surface area contributed by atoms with Crippen molar-refractivity contribution < 1.29 is 19.6 Å². The maximum atomic E-state index is 11.6. The first-order valence-electron chi connectivity index (χ1n) is 5.28. The molecule has 18 heavy (non-hydrogen) atoms. The topological polar surface area (TPSA) is 101 Å². The van der Waals surface area contributed by atoms with Crippen LogP contribution in [0.25, 0.3) is 0 Å². The first kappa shape index (κ1) is 12.0. The third-order valence-corrected chi connectivity index (χ3v) is 2.77. The van der Waals surface area contributed by atoms with Gasteiger partial charge < -0.3 is 10.0 Å². The van der Waals surface area contributed by atoms with E-state index in [-0.39, 0.29) is 18.0 Å². The molecular formula is C11H10N2O5. The summed E-state index contributed by atoms with van der Waals surface area (Å²) in [6.45, 7) is -0.427. The lowest BCUT2D eigenvalue weighted by Crippen LogP contribution is -2.38. The fourth-order valence-electron chi connectivity index (χ4n) is 1.97. The Labute approximate surface area is 102 Å². The van der Waals surface area contributed by atoms with Crippen LogP contribution in [0.2, 0.25) is 0 Å². The maximum Gasteiger partial charge on any atom is 0.323 e. The molecule has 1 N–H and O–H groups in total. The molecule has 0 fully saturated rings. The molecule has 0 saturated carbocycles. The number of carboxylic acid groups (broad SMARTS) is 1. The van der Waals surface area contributed by atoms with Gasteiger partial charge in [0.25, 0.3) is 5.69 Å². The lowest BCUT2D eigenvalue weighted by molar-refractivity contribution is -0.384. The van der Waals surface area contributed by atoms with Crippen molar-refractivity contribution >= 4 is 23.3 Å². The van der Waals surface area contributed by atoms with E-state index in [2.05, 4.69) is 0 Å². The molecule has 1 aromatic rings. The van der Waals surface area contributed by atoms with Crippen LogP contribution in [0.4, 0.5) is 11.4 Å². The average Bonchev–Trinajstić information content (AvgIpc) is 2.31. The highest BCUT2D eigenvalue weighted by Gasteiger charge is 2.27. The highest BCUT2D eigenvalue weighted by atomic mass is 16.6. The van der Waals surface area contributed by atoms with Gasteiger partial charge in [0.2, 0.25) is 5.91 Å². The van der Waals surface area contributed by atoms with Gasteiger partial charge in [0, 0.05) is 24.2 Å². The highest BCUT2D eigenvalue weighted by molar-refractivity contribution is 6.00. The number of nitrogens with zero attached hydrogens (tertiary/aromatic N) is 2. The lowest BCUT2D eigenvalue weighted by atomic mass is 10.0. The molecule has 0 atom stereocenters. The molecule has 2 rings (SSSR count). The summed E-state index contributed by atoms with van der Waals surface area (Å²) in [7, 11) is 0. The fraction of sp³-hybridized carbons (Fsp3) is 0.273. The van der Waals surface area contributed by atoms with Gasteiger partial charge in [0.05, 0.1) is 4.92 Å². The lowest BCUT2D eigenvalue weighted by Gasteiger charge is -2.27. The van der Waals surface area contributed by atoms with Crippen molar-refractivity contribution in [2.75, 3.05) is 11.4 Å². The number of nitro benzene ring substituents is 1. The van der Waals surface area contributed by atoms with Gasteiger partial charge in [0.15, 0.2) is 0 Å². The first-order valence-corrected chi connectivity index (χ1v) is 5.28. The van der Waals surface area contributed by atoms with Crippen LogP contribution < -0.4 is 4.90 Å². The molecule has 7 nitrogen and oxygen atoms in total. The van der Waals surface area contributed by atoms with Crippen LogP contribution in [0.5, 0.6) is 0 Å². The van der Waals surface area contributed by atoms with Gasteiger partial charge in [0.1, 0.15) is 6.54 Å². The Balaban J connectivity index is 2.41. The molecule has 94 valence electrons. The predicted octanol–water partition coefficient (Wildman–Crippen LogP) is 0.959. The van der Waals surface area contributed by atoms with E-state index < -0.39 is 17.4 Å². The van der Waals surface area contributed by atoms with Crippen molar-refractivity contribution in [2.45, 2.75) is 12.8 Å². The number of carbonyl (C=O) groups excluding carboxylic acids is 1. The Hall–Kier alpha value is -2.44. The van der Waals surface area contributed by atoms with Crippen molar-refractivity contribution in [3.8, 4) is 0 Å². The molecule has 1 amide bonds. The van der Waals surface area contributed by atoms with Gasteiger partial charge in [-0.1, -0.05) is 0 Å². The molecule has 1 heterocycles. The Morgan fingerprint density at radius 1 is 1.44 bits per heavy atom. The molecule has 0 radical (unpaired) electrons. The molecule has 0 bridgehead atoms. The van der Waals surface area contributed by atoms with Crippen molar-refractivity contribution in [2.24, 2.45) is 0 Å². The second kappa shape index (κ2) is 4.44. The molecule has 1 aliphatic rings. The molecular weight excluding hydrogens is 240 g/mol. The zero-order valence-electron chi connectivity index (χ0n) is 9.33. The predicted molar refractivity (Wildman–Crippen MR) is 61.4 cm³/mol. The number of fused-ring (bicyclic) bond motifs is 1. The van der Waals surface area contributed by atoms with Crippen molar-refractivity contribution in [3.63, 3.8) is 0 Å². The summed E-state index contributed by atoms with van der Waals surface area (Å²) in [5, 5.41) is 19.4. The molecule has 0 aliphatic carbocycles. The van der Waals surface area contributed by atoms with Gasteiger partial charge in [-0.15, -0.1) is 0 Å². The summed E-state index contributed by atoms with van der Waals surface area (Å²) in [6, 6.07) is 4.08. The van der Waals surface area contributed by atoms with Crippen LogP contribution in [0, 0.1) is 10.1 Å². The molecule has 0 saturated heterocycles. The maximum absolute atomic E-state index is 11.6. The summed E-state index contributed by atoms with van der Waals surface area (Å²) in [5.74, 6) is -1.40. The van der Waals surface area contributed by atoms with Gasteiger partial charge in [-0.3, -0.25) is 19.7 Å². The number of rotatable bonds is 3. The second-order valence-corrected chi connectivity index (χ2v) is 3.94. The summed E-state index contributed by atoms with van der Waals surface area (Å²) in [6.07, 6.45) is 0.563. The molecule has 0 unspecified atom stereocenters. The van der Waals surface area contributed by atoms with Crippen molar-refractivity contribution in [3.05, 3.63) is 33.9 Å². The van der Waals surface area contributed by atoms with Crippen molar-refractivity contribution in [1.29, 1.82) is 0 Å². The Morgan fingerprint density at radius 3 is 2.78 bits per heavy atom. The summed E-state index contributed by atoms with van der Waals surface area (Å²) in [4.78, 5) is 33.6. The van der Waals surface area contributed by atoms with E-state index in [1.54, 1.807) is 0 Å². The molecule has 0 aromatic heterocycles. The van der Waals surface area contributed by atoms with E-state index in [4.69, 9.17) is 5.11 Å². The third kappa shape index (κ3) is 2.15. The number of hydrogen-bond acceptors (Lipinski definition) is 4. The van der Waals surface area contributed by atoms with Crippen LogP contribution in [-0.4, -0.2) is 28.5 Å². The fourth-order valence-corrected chi connectivity index (χ4v) is 1.97. The Bertz CT molecular complexity index is 540. The number of benzene rings is 1. The van der Waals surface area contributed by atoms with E-state index in [9.17, 15) is 19.7 Å². The minimum absolute atomic E-state index is 0.0571. The second-order valence-electron chi connectivity index (χ2n) is 3.94. The number of aliphatic carboxylic acids is 1. The van der Waals surface area contributed by atoms with Gasteiger partial charge in [-0.25, -0.2) is 0 Å². The summed E-state index contributed by atoms with van der Waals surface area (Å²) >= 11 is 0. The number of non-ortho nitro benzene ring substituents is 1. The highest BCUT2D eigenvalue weighted by Crippen LogP contribution is 2.30. The summed E-state index contributed by atoms with van der Waals surface area (Å²) in [5.41, 5.74) is 1.02. The first-order chi connectivity index (χ1) is 8.49. The molecule has 1 aliphatic heterocycles. The van der Waals surface area contributed by atoms with Crippen LogP contribution in [-0.2, 0) is 16.0 Å². The SMILES string of the molecule is O=C(O)CN1C(=O)CCc2cc([N+](=O)[O-])ccc21. The number of nitro groups is 1. The van der Waals surface area contributed by atoms with Gasteiger partial charge in [-0.05, 0) is 18.1 Å². The van der Waals surface area contributed by atoms with Crippen LogP contribution in [0.3, 0.4) is 0 Å². The smallest absolute Gasteiger partial charge is 0.323 e. The zero-order valence-corrected chi connectivity index (χ0v) is 9.33. The van der Waals surface area contributed by atoms with E-state index >= 15 is 0 Å². The average molecular weight is 250 g/mol. The third-order valence-electron chi connectivity index (χ3n) is 2.77. The zero-order chi connectivity index (χ0) is 13.3. The minimum Gasteiger partial charge on any atom is -0.480 e. The number of hydrogen-bond donors (Lipinski definition) is 1. The van der Waals surface area contributed by atoms with Gasteiger partial charge >= 0.3 is 5.97 Å². The molecule has 1 aromatic carbocycles. The number of anilines is 1. The van der Waals surface area contributed by atoms with Crippen LogP contribution in [0.1, 0.15) is 12.0 Å². The van der Waals surface area contributed by atoms with E-state index in [1.807, 2.05) is 0 Å². The number of aryl methyl sites for hydroxylation is 1. The van der Waals surface area contributed by atoms with E-state index in [1.165, 1.54) is 18.2 Å². The summed E-state index contributed by atoms with van der Waals surface area (Å²) < 4.78 is 0. The quantitative estimate of drug-likeness (QED) is 0.636. The standard InChI is InChI=1S/C11H10N2O5/c14-10-4-1-7-5-8(13(17)18)2-3-9(7)12(10)6-11(15)16/h2-3,5H,1,4,6H2,(H,15,16). The Kier molecular flexibility index (Phi) is 2.97. The monoisotopic (exact) mass is 250 g/mol. The van der Waals surface area contributed by atoms with E-state index in [0.717, 1.165) is 4.90 Å². The van der Waals surface area contributed by atoms with Crippen LogP contribution in [0.15, 0.2) is 18.2 Å². The number of carbonyl (C=O) groups is 2. The van der Waals surface area contributed by atoms with E-state index in [0.29, 0.717) is 17.7 Å². The largest absolute Gasteiger partial charge is 0.480 e. The Morgan fingerprint density at radius 2 is 2.17 bits per heavy atom. The number of carboxylic acids is 1. The van der Waals surface area contributed by atoms with Gasteiger partial charge in [-0.2, -0.15) is 0 Å². The van der Waals surface area contributed by atoms with Crippen molar-refractivity contribution in [1.82, 2.24) is 0 Å². The molecule has 0 spiro atoms. The van der Waals surface area contributed by atoms with Crippen LogP contribution >= 0.6 is 0 Å². The number of amides is 1.